The maximum absolute atomic E-state index is 12.9. The predicted molar refractivity (Wildman–Crippen MR) is 115 cm³/mol. The van der Waals surface area contributed by atoms with Crippen molar-refractivity contribution in [1.29, 1.82) is 0 Å². The first-order valence-electron chi connectivity index (χ1n) is 9.86. The van der Waals surface area contributed by atoms with E-state index in [1.807, 2.05) is 26.0 Å². The monoisotopic (exact) mass is 419 g/mol. The number of aromatic nitrogens is 2. The number of carbonyl (C=O) groups is 2. The number of rotatable bonds is 10. The average Bonchev–Trinajstić information content (AvgIpc) is 2.70. The Morgan fingerprint density at radius 2 is 2.00 bits per heavy atom. The van der Waals surface area contributed by atoms with Crippen molar-refractivity contribution in [2.24, 2.45) is 5.92 Å². The topological polar surface area (TPSA) is 90.3 Å². The van der Waals surface area contributed by atoms with Crippen LogP contribution in [0.3, 0.4) is 0 Å². The molecule has 7 nitrogen and oxygen atoms in total. The van der Waals surface area contributed by atoms with E-state index in [0.717, 1.165) is 12.8 Å². The highest BCUT2D eigenvalue weighted by Crippen LogP contribution is 2.18. The molecule has 0 bridgehead atoms. The zero-order valence-electron chi connectivity index (χ0n) is 17.4. The molecule has 0 aliphatic rings. The first-order valence-corrected chi connectivity index (χ1v) is 10.9. The second-order valence-corrected chi connectivity index (χ2v) is 8.23. The van der Waals surface area contributed by atoms with E-state index in [0.29, 0.717) is 29.0 Å². The summed E-state index contributed by atoms with van der Waals surface area (Å²) in [6.07, 6.45) is 2.29. The van der Waals surface area contributed by atoms with Crippen molar-refractivity contribution in [1.82, 2.24) is 14.9 Å². The van der Waals surface area contributed by atoms with Gasteiger partial charge in [-0.3, -0.25) is 14.2 Å². The average molecular weight is 420 g/mol. The highest BCUT2D eigenvalue weighted by atomic mass is 32.2. The molecule has 29 heavy (non-hydrogen) atoms. The van der Waals surface area contributed by atoms with Crippen LogP contribution in [0.15, 0.2) is 34.2 Å². The molecule has 0 spiro atoms. The predicted octanol–water partition coefficient (Wildman–Crippen LogP) is 2.99. The van der Waals surface area contributed by atoms with Crippen molar-refractivity contribution in [3.8, 4) is 0 Å². The molecule has 2 aromatic rings. The minimum atomic E-state index is -0.681. The lowest BCUT2D eigenvalue weighted by atomic mass is 10.0. The maximum atomic E-state index is 12.9. The van der Waals surface area contributed by atoms with E-state index in [1.54, 1.807) is 16.7 Å². The first-order chi connectivity index (χ1) is 13.9. The molecular formula is C21H29N3O4S. The second kappa shape index (κ2) is 11.0. The van der Waals surface area contributed by atoms with Crippen molar-refractivity contribution in [3.05, 3.63) is 34.6 Å². The molecule has 158 valence electrons. The molecule has 0 aliphatic carbocycles. The summed E-state index contributed by atoms with van der Waals surface area (Å²) in [6, 6.07) is 6.53. The lowest BCUT2D eigenvalue weighted by Gasteiger charge is -2.18. The summed E-state index contributed by atoms with van der Waals surface area (Å²) in [5.41, 5.74) is 0.514. The van der Waals surface area contributed by atoms with E-state index in [-0.39, 0.29) is 23.1 Å². The summed E-state index contributed by atoms with van der Waals surface area (Å²) < 4.78 is 6.42. The van der Waals surface area contributed by atoms with Crippen LogP contribution in [0.2, 0.25) is 0 Å². The van der Waals surface area contributed by atoms with Gasteiger partial charge in [-0.25, -0.2) is 9.78 Å². The third kappa shape index (κ3) is 6.32. The van der Waals surface area contributed by atoms with Gasteiger partial charge in [-0.15, -0.1) is 0 Å². The Labute approximate surface area is 175 Å². The lowest BCUT2D eigenvalue weighted by Crippen LogP contribution is -2.43. The van der Waals surface area contributed by atoms with Crippen LogP contribution in [-0.2, 0) is 20.9 Å². The fourth-order valence-corrected chi connectivity index (χ4v) is 3.80. The van der Waals surface area contributed by atoms with Gasteiger partial charge in [-0.2, -0.15) is 0 Å². The van der Waals surface area contributed by atoms with Crippen LogP contribution in [-0.4, -0.2) is 40.3 Å². The molecule has 0 radical (unpaired) electrons. The molecule has 1 amide bonds. The largest absolute Gasteiger partial charge is 0.467 e. The minimum absolute atomic E-state index is 0.0580. The zero-order valence-corrected chi connectivity index (χ0v) is 18.3. The maximum Gasteiger partial charge on any atom is 0.328 e. The number of esters is 1. The molecule has 2 rings (SSSR count). The summed E-state index contributed by atoms with van der Waals surface area (Å²) in [6.45, 7) is 6.56. The van der Waals surface area contributed by atoms with Gasteiger partial charge in [-0.1, -0.05) is 51.1 Å². The molecule has 1 heterocycles. The molecule has 0 unspecified atom stereocenters. The number of hydrogen-bond donors (Lipinski definition) is 1. The van der Waals surface area contributed by atoms with Crippen LogP contribution in [0.5, 0.6) is 0 Å². The first kappa shape index (κ1) is 22.9. The van der Waals surface area contributed by atoms with E-state index in [9.17, 15) is 14.4 Å². The number of para-hydroxylation sites is 1. The molecule has 1 atom stereocenters. The third-order valence-electron chi connectivity index (χ3n) is 4.42. The van der Waals surface area contributed by atoms with Crippen molar-refractivity contribution in [2.45, 2.75) is 57.8 Å². The standard InChI is InChI=1S/C21H29N3O4S/c1-5-6-11-24-19(26)15-9-7-8-10-16(15)23-21(24)29-13-18(25)22-17(12-14(2)3)20(27)28-4/h7-10,14,17H,5-6,11-13H2,1-4H3,(H,22,25)/t17-/m1/s1. The van der Waals surface area contributed by atoms with Crippen LogP contribution < -0.4 is 10.9 Å². The summed E-state index contributed by atoms with van der Waals surface area (Å²) in [5, 5.41) is 3.81. The molecule has 0 saturated heterocycles. The van der Waals surface area contributed by atoms with E-state index in [4.69, 9.17) is 4.74 Å². The second-order valence-electron chi connectivity index (χ2n) is 7.28. The number of ether oxygens (including phenoxy) is 1. The molecule has 0 aliphatic heterocycles. The number of nitrogens with one attached hydrogen (secondary N) is 1. The molecular weight excluding hydrogens is 390 g/mol. The van der Waals surface area contributed by atoms with Gasteiger partial charge in [0, 0.05) is 6.54 Å². The Bertz CT molecular complexity index is 910. The Hall–Kier alpha value is -2.35. The quantitative estimate of drug-likeness (QED) is 0.362. The summed E-state index contributed by atoms with van der Waals surface area (Å²) in [7, 11) is 1.31. The fourth-order valence-electron chi connectivity index (χ4n) is 2.97. The summed E-state index contributed by atoms with van der Waals surface area (Å²) >= 11 is 1.20. The molecule has 1 N–H and O–H groups in total. The number of hydrogen-bond acceptors (Lipinski definition) is 6. The number of fused-ring (bicyclic) bond motifs is 1. The van der Waals surface area contributed by atoms with Crippen LogP contribution in [0, 0.1) is 5.92 Å². The van der Waals surface area contributed by atoms with Gasteiger partial charge >= 0.3 is 5.97 Å². The van der Waals surface area contributed by atoms with Crippen LogP contribution in [0.25, 0.3) is 10.9 Å². The van der Waals surface area contributed by atoms with Gasteiger partial charge in [0.2, 0.25) is 5.91 Å². The van der Waals surface area contributed by atoms with Gasteiger partial charge in [0.15, 0.2) is 5.16 Å². The Balaban J connectivity index is 2.18. The van der Waals surface area contributed by atoms with Gasteiger partial charge in [0.25, 0.3) is 5.56 Å². The number of benzene rings is 1. The Morgan fingerprint density at radius 3 is 2.66 bits per heavy atom. The van der Waals surface area contributed by atoms with Gasteiger partial charge < -0.3 is 10.1 Å². The lowest BCUT2D eigenvalue weighted by molar-refractivity contribution is -0.145. The molecule has 8 heteroatoms. The van der Waals surface area contributed by atoms with Crippen LogP contribution in [0.1, 0.15) is 40.0 Å². The van der Waals surface area contributed by atoms with Gasteiger partial charge in [0.05, 0.1) is 23.8 Å². The Morgan fingerprint density at radius 1 is 1.28 bits per heavy atom. The van der Waals surface area contributed by atoms with E-state index in [1.165, 1.54) is 18.9 Å². The van der Waals surface area contributed by atoms with E-state index in [2.05, 4.69) is 17.2 Å². The normalized spacial score (nSPS) is 12.2. The minimum Gasteiger partial charge on any atom is -0.467 e. The van der Waals surface area contributed by atoms with Crippen molar-refractivity contribution < 1.29 is 14.3 Å². The molecule has 0 saturated carbocycles. The Kier molecular flexibility index (Phi) is 8.70. The summed E-state index contributed by atoms with van der Waals surface area (Å²) in [5.74, 6) is -0.465. The van der Waals surface area contributed by atoms with Crippen LogP contribution in [0.4, 0.5) is 0 Å². The number of thioether (sulfide) groups is 1. The molecule has 0 fully saturated rings. The van der Waals surface area contributed by atoms with E-state index < -0.39 is 12.0 Å². The number of methoxy groups -OCH3 is 1. The fraction of sp³-hybridized carbons (Fsp3) is 0.524. The van der Waals surface area contributed by atoms with Crippen molar-refractivity contribution in [2.75, 3.05) is 12.9 Å². The number of amides is 1. The summed E-state index contributed by atoms with van der Waals surface area (Å²) in [4.78, 5) is 41.8. The number of unbranched alkanes of at least 4 members (excludes halogenated alkanes) is 1. The smallest absolute Gasteiger partial charge is 0.328 e. The van der Waals surface area contributed by atoms with Gasteiger partial charge in [-0.05, 0) is 30.9 Å². The van der Waals surface area contributed by atoms with Gasteiger partial charge in [0.1, 0.15) is 6.04 Å². The van der Waals surface area contributed by atoms with Crippen LogP contribution >= 0.6 is 11.8 Å². The van der Waals surface area contributed by atoms with Crippen molar-refractivity contribution in [3.63, 3.8) is 0 Å². The SMILES string of the molecule is CCCCn1c(SCC(=O)N[C@H](CC(C)C)C(=O)OC)nc2ccccc2c1=O. The van der Waals surface area contributed by atoms with Crippen molar-refractivity contribution >= 4 is 34.5 Å². The highest BCUT2D eigenvalue weighted by molar-refractivity contribution is 7.99. The zero-order chi connectivity index (χ0) is 21.4. The highest BCUT2D eigenvalue weighted by Gasteiger charge is 2.23. The third-order valence-corrected chi connectivity index (χ3v) is 5.40. The number of nitrogens with zero attached hydrogens (tertiary/aromatic N) is 2. The molecule has 1 aromatic carbocycles. The molecule has 1 aromatic heterocycles. The number of carbonyl (C=O) groups excluding carboxylic acids is 2. The van der Waals surface area contributed by atoms with E-state index >= 15 is 0 Å².